The number of amides is 2. The number of methoxy groups -OCH3 is 1. The predicted molar refractivity (Wildman–Crippen MR) is 128 cm³/mol. The normalized spacial score (nSPS) is 11.3. The van der Waals surface area contributed by atoms with Gasteiger partial charge in [-0.2, -0.15) is 0 Å². The summed E-state index contributed by atoms with van der Waals surface area (Å²) < 4.78 is 10.9. The lowest BCUT2D eigenvalue weighted by molar-refractivity contribution is -0.142. The summed E-state index contributed by atoms with van der Waals surface area (Å²) in [6, 6.07) is 25.9. The molecule has 1 atom stereocenters. The van der Waals surface area contributed by atoms with Crippen molar-refractivity contribution in [3.8, 4) is 11.5 Å². The summed E-state index contributed by atoms with van der Waals surface area (Å²) in [5.41, 5.74) is 2.04. The van der Waals surface area contributed by atoms with Crippen LogP contribution >= 0.6 is 0 Å². The van der Waals surface area contributed by atoms with E-state index < -0.39 is 6.04 Å². The molecule has 0 saturated heterocycles. The Morgan fingerprint density at radius 1 is 0.848 bits per heavy atom. The van der Waals surface area contributed by atoms with E-state index in [-0.39, 0.29) is 25.0 Å². The molecule has 0 saturated carbocycles. The van der Waals surface area contributed by atoms with Crippen LogP contribution < -0.4 is 14.8 Å². The monoisotopic (exact) mass is 446 g/mol. The summed E-state index contributed by atoms with van der Waals surface area (Å²) in [6.45, 7) is 2.37. The minimum atomic E-state index is -0.658. The Morgan fingerprint density at radius 2 is 1.48 bits per heavy atom. The Hall–Kier alpha value is -3.80. The van der Waals surface area contributed by atoms with Gasteiger partial charge < -0.3 is 19.7 Å². The minimum Gasteiger partial charge on any atom is -0.497 e. The lowest BCUT2D eigenvalue weighted by Crippen LogP contribution is -2.49. The fourth-order valence-corrected chi connectivity index (χ4v) is 3.38. The first-order chi connectivity index (χ1) is 16.1. The molecule has 1 N–H and O–H groups in total. The average molecular weight is 447 g/mol. The average Bonchev–Trinajstić information content (AvgIpc) is 2.87. The van der Waals surface area contributed by atoms with Crippen molar-refractivity contribution < 1.29 is 19.1 Å². The molecule has 0 unspecified atom stereocenters. The highest BCUT2D eigenvalue weighted by molar-refractivity contribution is 5.88. The predicted octanol–water partition coefficient (Wildman–Crippen LogP) is 3.85. The summed E-state index contributed by atoms with van der Waals surface area (Å²) in [5.74, 6) is 0.874. The van der Waals surface area contributed by atoms with Crippen molar-refractivity contribution in [3.63, 3.8) is 0 Å². The van der Waals surface area contributed by atoms with Crippen LogP contribution in [-0.2, 0) is 22.6 Å². The molecule has 0 aliphatic carbocycles. The molecule has 3 aromatic rings. The molecule has 2 amide bonds. The van der Waals surface area contributed by atoms with Crippen molar-refractivity contribution in [3.05, 3.63) is 96.1 Å². The molecule has 172 valence electrons. The van der Waals surface area contributed by atoms with Gasteiger partial charge in [0.1, 0.15) is 17.5 Å². The maximum absolute atomic E-state index is 13.1. The van der Waals surface area contributed by atoms with Crippen molar-refractivity contribution >= 4 is 11.8 Å². The molecule has 6 nitrogen and oxygen atoms in total. The van der Waals surface area contributed by atoms with Crippen molar-refractivity contribution in [2.24, 2.45) is 0 Å². The molecule has 0 heterocycles. The number of benzene rings is 3. The number of nitrogens with zero attached hydrogens (tertiary/aromatic N) is 1. The summed E-state index contributed by atoms with van der Waals surface area (Å²) in [4.78, 5) is 27.5. The van der Waals surface area contributed by atoms with Crippen LogP contribution in [0.15, 0.2) is 84.9 Å². The van der Waals surface area contributed by atoms with Crippen LogP contribution in [0.3, 0.4) is 0 Å². The Balaban J connectivity index is 1.65. The van der Waals surface area contributed by atoms with E-state index in [1.165, 1.54) is 0 Å². The fourth-order valence-electron chi connectivity index (χ4n) is 3.38. The van der Waals surface area contributed by atoms with Gasteiger partial charge in [0.15, 0.2) is 6.61 Å². The number of para-hydroxylation sites is 1. The van der Waals surface area contributed by atoms with Gasteiger partial charge in [0.2, 0.25) is 5.91 Å². The number of carbonyl (C=O) groups excluding carboxylic acids is 2. The first-order valence-electron chi connectivity index (χ1n) is 11.0. The van der Waals surface area contributed by atoms with Gasteiger partial charge in [0, 0.05) is 13.1 Å². The van der Waals surface area contributed by atoms with E-state index in [2.05, 4.69) is 5.32 Å². The molecule has 0 spiro atoms. The second-order valence-electron chi connectivity index (χ2n) is 7.67. The van der Waals surface area contributed by atoms with Crippen molar-refractivity contribution in [1.29, 1.82) is 0 Å². The Bertz CT molecular complexity index is 1010. The smallest absolute Gasteiger partial charge is 0.261 e. The van der Waals surface area contributed by atoms with Gasteiger partial charge in [-0.05, 0) is 48.7 Å². The van der Waals surface area contributed by atoms with E-state index in [9.17, 15) is 9.59 Å². The first kappa shape index (κ1) is 23.9. The van der Waals surface area contributed by atoms with E-state index in [1.807, 2.05) is 72.8 Å². The van der Waals surface area contributed by atoms with Crippen LogP contribution in [0.5, 0.6) is 11.5 Å². The first-order valence-corrected chi connectivity index (χ1v) is 11.0. The van der Waals surface area contributed by atoms with Crippen LogP contribution in [0, 0.1) is 0 Å². The van der Waals surface area contributed by atoms with Gasteiger partial charge in [-0.25, -0.2) is 0 Å². The molecule has 0 fully saturated rings. The zero-order chi connectivity index (χ0) is 23.5. The standard InChI is InChI=1S/C27H30N2O4/c1-21(27(31)28-18-17-22-9-5-3-6-10-22)29(19-23-13-15-24(32-2)16-14-23)26(30)20-33-25-11-7-4-8-12-25/h3-16,21H,17-20H2,1-2H3,(H,28,31)/t21-/m0/s1. The highest BCUT2D eigenvalue weighted by Crippen LogP contribution is 2.16. The number of hydrogen-bond acceptors (Lipinski definition) is 4. The van der Waals surface area contributed by atoms with Gasteiger partial charge >= 0.3 is 0 Å². The lowest BCUT2D eigenvalue weighted by Gasteiger charge is -2.29. The van der Waals surface area contributed by atoms with Crippen LogP contribution in [0.25, 0.3) is 0 Å². The molecule has 3 aromatic carbocycles. The molecule has 0 radical (unpaired) electrons. The van der Waals surface area contributed by atoms with Crippen LogP contribution in [0.1, 0.15) is 18.1 Å². The van der Waals surface area contributed by atoms with E-state index in [1.54, 1.807) is 31.1 Å². The molecular formula is C27H30N2O4. The highest BCUT2D eigenvalue weighted by Gasteiger charge is 2.26. The molecule has 3 rings (SSSR count). The highest BCUT2D eigenvalue weighted by atomic mass is 16.5. The quantitative estimate of drug-likeness (QED) is 0.486. The molecular weight excluding hydrogens is 416 g/mol. The summed E-state index contributed by atoms with van der Waals surface area (Å²) in [6.07, 6.45) is 0.725. The number of carbonyl (C=O) groups is 2. The lowest BCUT2D eigenvalue weighted by atomic mass is 10.1. The van der Waals surface area contributed by atoms with E-state index in [0.29, 0.717) is 12.3 Å². The van der Waals surface area contributed by atoms with Gasteiger partial charge in [0.25, 0.3) is 5.91 Å². The van der Waals surface area contributed by atoms with E-state index in [4.69, 9.17) is 9.47 Å². The molecule has 0 bridgehead atoms. The van der Waals surface area contributed by atoms with Crippen molar-refractivity contribution in [2.45, 2.75) is 25.9 Å². The minimum absolute atomic E-state index is 0.151. The molecule has 33 heavy (non-hydrogen) atoms. The third kappa shape index (κ3) is 7.38. The van der Waals surface area contributed by atoms with Crippen molar-refractivity contribution in [2.75, 3.05) is 20.3 Å². The summed E-state index contributed by atoms with van der Waals surface area (Å²) in [7, 11) is 1.60. The maximum atomic E-state index is 13.1. The Kier molecular flexibility index (Phi) is 8.88. The number of hydrogen-bond donors (Lipinski definition) is 1. The summed E-state index contributed by atoms with van der Waals surface area (Å²) >= 11 is 0. The zero-order valence-corrected chi connectivity index (χ0v) is 19.1. The topological polar surface area (TPSA) is 67.9 Å². The van der Waals surface area contributed by atoms with Gasteiger partial charge in [-0.1, -0.05) is 60.7 Å². The molecule has 0 aliphatic rings. The molecule has 0 aromatic heterocycles. The van der Waals surface area contributed by atoms with Gasteiger partial charge in [-0.3, -0.25) is 9.59 Å². The fraction of sp³-hybridized carbons (Fsp3) is 0.259. The number of nitrogens with one attached hydrogen (secondary N) is 1. The van der Waals surface area contributed by atoms with Crippen molar-refractivity contribution in [1.82, 2.24) is 10.2 Å². The second-order valence-corrected chi connectivity index (χ2v) is 7.67. The van der Waals surface area contributed by atoms with Crippen LogP contribution in [0.4, 0.5) is 0 Å². The van der Waals surface area contributed by atoms with E-state index >= 15 is 0 Å². The zero-order valence-electron chi connectivity index (χ0n) is 19.1. The second kappa shape index (κ2) is 12.3. The van der Waals surface area contributed by atoms with Crippen LogP contribution in [-0.4, -0.2) is 43.0 Å². The maximum Gasteiger partial charge on any atom is 0.261 e. The van der Waals surface area contributed by atoms with E-state index in [0.717, 1.165) is 23.3 Å². The van der Waals surface area contributed by atoms with Crippen LogP contribution in [0.2, 0.25) is 0 Å². The van der Waals surface area contributed by atoms with Gasteiger partial charge in [0.05, 0.1) is 7.11 Å². The third-order valence-electron chi connectivity index (χ3n) is 5.34. The summed E-state index contributed by atoms with van der Waals surface area (Å²) in [5, 5.41) is 2.95. The number of ether oxygens (including phenoxy) is 2. The molecule has 0 aliphatic heterocycles. The SMILES string of the molecule is COc1ccc(CN(C(=O)COc2ccccc2)[C@@H](C)C(=O)NCCc2ccccc2)cc1. The number of rotatable bonds is 11. The van der Waals surface area contributed by atoms with Gasteiger partial charge in [-0.15, -0.1) is 0 Å². The Labute approximate surface area is 195 Å². The largest absolute Gasteiger partial charge is 0.497 e. The third-order valence-corrected chi connectivity index (χ3v) is 5.34. The Morgan fingerprint density at radius 3 is 2.12 bits per heavy atom. The molecule has 6 heteroatoms.